The van der Waals surface area contributed by atoms with Crippen molar-refractivity contribution in [3.63, 3.8) is 0 Å². The highest BCUT2D eigenvalue weighted by Gasteiger charge is 2.30. The Hall–Kier alpha value is -1.63. The molecule has 0 aromatic rings. The fraction of sp³-hybridized carbons (Fsp3) is 0.667. The standard InChI is InChI=1S/C9H14N2O5/c1-16-9(15)6(4-12)11-8(14)5-2-7(13)10-3-5/h5-6,12H,2-4H2,1H3,(H,10,13)(H,11,14). The first-order valence-corrected chi connectivity index (χ1v) is 4.84. The van der Waals surface area contributed by atoms with Crippen LogP contribution in [0.2, 0.25) is 0 Å². The van der Waals surface area contributed by atoms with Crippen molar-refractivity contribution in [1.29, 1.82) is 0 Å². The van der Waals surface area contributed by atoms with Crippen molar-refractivity contribution < 1.29 is 24.2 Å². The summed E-state index contributed by atoms with van der Waals surface area (Å²) in [6, 6.07) is -1.08. The van der Waals surface area contributed by atoms with Gasteiger partial charge in [0.1, 0.15) is 0 Å². The third kappa shape index (κ3) is 2.93. The van der Waals surface area contributed by atoms with Gasteiger partial charge in [-0.2, -0.15) is 0 Å². The van der Waals surface area contributed by atoms with E-state index in [-0.39, 0.29) is 18.9 Å². The first-order chi connectivity index (χ1) is 7.58. The summed E-state index contributed by atoms with van der Waals surface area (Å²) < 4.78 is 4.39. The summed E-state index contributed by atoms with van der Waals surface area (Å²) in [6.07, 6.45) is 0.102. The topological polar surface area (TPSA) is 105 Å². The second-order valence-corrected chi connectivity index (χ2v) is 3.47. The SMILES string of the molecule is COC(=O)C(CO)NC(=O)C1CNC(=O)C1. The summed E-state index contributed by atoms with van der Waals surface area (Å²) in [6.45, 7) is -0.281. The molecular formula is C9H14N2O5. The number of amides is 2. The molecule has 7 nitrogen and oxygen atoms in total. The molecule has 0 saturated carbocycles. The van der Waals surface area contributed by atoms with E-state index in [0.717, 1.165) is 7.11 Å². The van der Waals surface area contributed by atoms with E-state index >= 15 is 0 Å². The molecule has 0 spiro atoms. The molecule has 2 atom stereocenters. The van der Waals surface area contributed by atoms with Crippen LogP contribution >= 0.6 is 0 Å². The summed E-state index contributed by atoms with van der Waals surface area (Å²) in [5.41, 5.74) is 0. The lowest BCUT2D eigenvalue weighted by atomic mass is 10.1. The lowest BCUT2D eigenvalue weighted by Crippen LogP contribution is -2.46. The Morgan fingerprint density at radius 2 is 2.38 bits per heavy atom. The van der Waals surface area contributed by atoms with Crippen molar-refractivity contribution in [2.75, 3.05) is 20.3 Å². The second kappa shape index (κ2) is 5.45. The molecule has 1 saturated heterocycles. The number of hydrogen-bond acceptors (Lipinski definition) is 5. The smallest absolute Gasteiger partial charge is 0.330 e. The molecule has 0 aromatic heterocycles. The predicted molar refractivity (Wildman–Crippen MR) is 52.1 cm³/mol. The average Bonchev–Trinajstić information content (AvgIpc) is 2.71. The molecule has 0 bridgehead atoms. The van der Waals surface area contributed by atoms with E-state index in [0.29, 0.717) is 0 Å². The fourth-order valence-electron chi connectivity index (χ4n) is 1.40. The third-order valence-electron chi connectivity index (χ3n) is 2.33. The Kier molecular flexibility index (Phi) is 4.24. The van der Waals surface area contributed by atoms with E-state index in [1.165, 1.54) is 0 Å². The van der Waals surface area contributed by atoms with Gasteiger partial charge in [0.2, 0.25) is 11.8 Å². The summed E-state index contributed by atoms with van der Waals surface area (Å²) >= 11 is 0. The molecule has 1 aliphatic rings. The van der Waals surface area contributed by atoms with Crippen LogP contribution in [-0.4, -0.2) is 49.2 Å². The fourth-order valence-corrected chi connectivity index (χ4v) is 1.40. The summed E-state index contributed by atoms with van der Waals surface area (Å²) in [5.74, 6) is -1.85. The molecular weight excluding hydrogens is 216 g/mol. The Bertz CT molecular complexity index is 304. The number of hydrogen-bond donors (Lipinski definition) is 3. The minimum atomic E-state index is -1.08. The number of ether oxygens (including phenoxy) is 1. The average molecular weight is 230 g/mol. The minimum Gasteiger partial charge on any atom is -0.467 e. The first-order valence-electron chi connectivity index (χ1n) is 4.84. The quantitative estimate of drug-likeness (QED) is 0.474. The van der Waals surface area contributed by atoms with E-state index in [1.807, 2.05) is 0 Å². The van der Waals surface area contributed by atoms with Gasteiger partial charge in [0.05, 0.1) is 19.6 Å². The van der Waals surface area contributed by atoms with Crippen molar-refractivity contribution in [2.45, 2.75) is 12.5 Å². The van der Waals surface area contributed by atoms with E-state index in [4.69, 9.17) is 5.11 Å². The molecule has 2 amide bonds. The number of carbonyl (C=O) groups excluding carboxylic acids is 3. The maximum atomic E-state index is 11.6. The van der Waals surface area contributed by atoms with Gasteiger partial charge in [0.15, 0.2) is 6.04 Å². The van der Waals surface area contributed by atoms with E-state index in [2.05, 4.69) is 15.4 Å². The number of methoxy groups -OCH3 is 1. The van der Waals surface area contributed by atoms with Crippen LogP contribution in [0.15, 0.2) is 0 Å². The number of nitrogens with one attached hydrogen (secondary N) is 2. The zero-order valence-electron chi connectivity index (χ0n) is 8.86. The van der Waals surface area contributed by atoms with Gasteiger partial charge < -0.3 is 20.5 Å². The van der Waals surface area contributed by atoms with Gasteiger partial charge >= 0.3 is 5.97 Å². The van der Waals surface area contributed by atoms with Crippen molar-refractivity contribution >= 4 is 17.8 Å². The van der Waals surface area contributed by atoms with Crippen molar-refractivity contribution in [3.05, 3.63) is 0 Å². The summed E-state index contributed by atoms with van der Waals surface area (Å²) in [5, 5.41) is 13.7. The second-order valence-electron chi connectivity index (χ2n) is 3.47. The van der Waals surface area contributed by atoms with E-state index in [1.54, 1.807) is 0 Å². The van der Waals surface area contributed by atoms with Crippen LogP contribution in [-0.2, 0) is 19.1 Å². The lowest BCUT2D eigenvalue weighted by molar-refractivity contribution is -0.146. The number of esters is 1. The van der Waals surface area contributed by atoms with Gasteiger partial charge in [-0.15, -0.1) is 0 Å². The van der Waals surface area contributed by atoms with Crippen molar-refractivity contribution in [2.24, 2.45) is 5.92 Å². The molecule has 0 radical (unpaired) electrons. The van der Waals surface area contributed by atoms with E-state index in [9.17, 15) is 14.4 Å². The van der Waals surface area contributed by atoms with Gasteiger partial charge in [0.25, 0.3) is 0 Å². The van der Waals surface area contributed by atoms with Crippen LogP contribution in [0.25, 0.3) is 0 Å². The lowest BCUT2D eigenvalue weighted by Gasteiger charge is -2.15. The van der Waals surface area contributed by atoms with E-state index < -0.39 is 30.4 Å². The Labute approximate surface area is 92.1 Å². The number of rotatable bonds is 4. The number of aliphatic hydroxyl groups excluding tert-OH is 1. The van der Waals surface area contributed by atoms with Crippen LogP contribution < -0.4 is 10.6 Å². The summed E-state index contributed by atoms with van der Waals surface area (Å²) in [4.78, 5) is 33.5. The third-order valence-corrected chi connectivity index (χ3v) is 2.33. The first kappa shape index (κ1) is 12.4. The Morgan fingerprint density at radius 1 is 1.69 bits per heavy atom. The molecule has 7 heteroatoms. The molecule has 1 fully saturated rings. The maximum absolute atomic E-state index is 11.6. The normalized spacial score (nSPS) is 21.1. The molecule has 1 rings (SSSR count). The molecule has 1 aliphatic heterocycles. The molecule has 0 aliphatic carbocycles. The number of aliphatic hydroxyl groups is 1. The van der Waals surface area contributed by atoms with Gasteiger partial charge in [-0.25, -0.2) is 4.79 Å². The van der Waals surface area contributed by atoms with Gasteiger partial charge in [-0.3, -0.25) is 9.59 Å². The largest absolute Gasteiger partial charge is 0.467 e. The van der Waals surface area contributed by atoms with Crippen molar-refractivity contribution in [1.82, 2.24) is 10.6 Å². The predicted octanol–water partition coefficient (Wildman–Crippen LogP) is -2.23. The summed E-state index contributed by atoms with van der Waals surface area (Å²) in [7, 11) is 1.16. The highest BCUT2D eigenvalue weighted by molar-refractivity contribution is 5.91. The zero-order chi connectivity index (χ0) is 12.1. The van der Waals surface area contributed by atoms with Crippen LogP contribution in [0, 0.1) is 5.92 Å². The van der Waals surface area contributed by atoms with Crippen LogP contribution in [0.4, 0.5) is 0 Å². The van der Waals surface area contributed by atoms with Gasteiger partial charge in [0, 0.05) is 13.0 Å². The molecule has 16 heavy (non-hydrogen) atoms. The Morgan fingerprint density at radius 3 is 2.81 bits per heavy atom. The van der Waals surface area contributed by atoms with Crippen LogP contribution in [0.1, 0.15) is 6.42 Å². The van der Waals surface area contributed by atoms with Crippen LogP contribution in [0.5, 0.6) is 0 Å². The van der Waals surface area contributed by atoms with Crippen molar-refractivity contribution in [3.8, 4) is 0 Å². The molecule has 3 N–H and O–H groups in total. The van der Waals surface area contributed by atoms with Gasteiger partial charge in [-0.05, 0) is 0 Å². The Balaban J connectivity index is 2.49. The molecule has 2 unspecified atom stereocenters. The highest BCUT2D eigenvalue weighted by Crippen LogP contribution is 2.08. The maximum Gasteiger partial charge on any atom is 0.330 e. The zero-order valence-corrected chi connectivity index (χ0v) is 8.86. The van der Waals surface area contributed by atoms with Gasteiger partial charge in [-0.1, -0.05) is 0 Å². The highest BCUT2D eigenvalue weighted by atomic mass is 16.5. The van der Waals surface area contributed by atoms with Crippen LogP contribution in [0.3, 0.4) is 0 Å². The monoisotopic (exact) mass is 230 g/mol. The molecule has 0 aromatic carbocycles. The molecule has 90 valence electrons. The number of carbonyl (C=O) groups is 3. The molecule has 1 heterocycles. The minimum absolute atomic E-state index is 0.102.